The van der Waals surface area contributed by atoms with E-state index in [2.05, 4.69) is 0 Å². The molecule has 0 radical (unpaired) electrons. The van der Waals surface area contributed by atoms with E-state index in [0.29, 0.717) is 6.42 Å². The first-order valence-corrected chi connectivity index (χ1v) is 5.19. The third kappa shape index (κ3) is 2.23. The zero-order valence-corrected chi connectivity index (χ0v) is 9.81. The van der Waals surface area contributed by atoms with Gasteiger partial charge >= 0.3 is 0 Å². The minimum atomic E-state index is -0.979. The van der Waals surface area contributed by atoms with Gasteiger partial charge in [0, 0.05) is 12.7 Å². The summed E-state index contributed by atoms with van der Waals surface area (Å²) in [5, 5.41) is 0. The van der Waals surface area contributed by atoms with Gasteiger partial charge in [-0.25, -0.2) is 8.78 Å². The van der Waals surface area contributed by atoms with Gasteiger partial charge in [-0.1, -0.05) is 19.1 Å². The molecule has 0 aromatic heterocycles. The Hall–Kier alpha value is -1.00. The third-order valence-electron chi connectivity index (χ3n) is 2.84. The molecule has 1 atom stereocenters. The summed E-state index contributed by atoms with van der Waals surface area (Å²) in [7, 11) is 1.49. The highest BCUT2D eigenvalue weighted by molar-refractivity contribution is 5.31. The molecule has 0 heterocycles. The number of aryl methyl sites for hydroxylation is 1. The molecule has 0 bridgehead atoms. The maximum absolute atomic E-state index is 13.8. The minimum absolute atomic E-state index is 0.156. The summed E-state index contributed by atoms with van der Waals surface area (Å²) in [6, 6.07) is 3.05. The quantitative estimate of drug-likeness (QED) is 0.860. The fourth-order valence-corrected chi connectivity index (χ4v) is 1.66. The maximum Gasteiger partial charge on any atom is 0.164 e. The largest absolute Gasteiger partial charge is 0.382 e. The summed E-state index contributed by atoms with van der Waals surface area (Å²) in [4.78, 5) is 0. The number of methoxy groups -OCH3 is 1. The summed E-state index contributed by atoms with van der Waals surface area (Å²) < 4.78 is 32.1. The van der Waals surface area contributed by atoms with Gasteiger partial charge in [0.1, 0.15) is 0 Å². The van der Waals surface area contributed by atoms with Crippen LogP contribution in [-0.4, -0.2) is 13.7 Å². The van der Waals surface area contributed by atoms with E-state index in [1.165, 1.54) is 26.2 Å². The molecule has 0 fully saturated rings. The van der Waals surface area contributed by atoms with E-state index in [4.69, 9.17) is 10.5 Å². The predicted molar refractivity (Wildman–Crippen MR) is 59.1 cm³/mol. The molecular formula is C12H17F2NO. The van der Waals surface area contributed by atoms with E-state index in [9.17, 15) is 8.78 Å². The molecule has 0 spiro atoms. The molecule has 1 aromatic carbocycles. The van der Waals surface area contributed by atoms with Crippen LogP contribution in [0.15, 0.2) is 12.1 Å². The number of halogens is 2. The minimum Gasteiger partial charge on any atom is -0.382 e. The van der Waals surface area contributed by atoms with Gasteiger partial charge in [-0.15, -0.1) is 0 Å². The highest BCUT2D eigenvalue weighted by Crippen LogP contribution is 2.27. The SMILES string of the molecule is CCC(N)(COC)c1ccc(C)c(F)c1F. The first-order chi connectivity index (χ1) is 7.46. The summed E-state index contributed by atoms with van der Waals surface area (Å²) in [5.74, 6) is -1.71. The molecule has 4 heteroatoms. The average molecular weight is 229 g/mol. The van der Waals surface area contributed by atoms with Crippen molar-refractivity contribution in [2.45, 2.75) is 25.8 Å². The topological polar surface area (TPSA) is 35.2 Å². The van der Waals surface area contributed by atoms with E-state index < -0.39 is 17.2 Å². The zero-order chi connectivity index (χ0) is 12.3. The van der Waals surface area contributed by atoms with Crippen molar-refractivity contribution in [2.24, 2.45) is 5.73 Å². The van der Waals surface area contributed by atoms with Crippen LogP contribution in [0.3, 0.4) is 0 Å². The molecule has 1 unspecified atom stereocenters. The van der Waals surface area contributed by atoms with Crippen molar-refractivity contribution in [1.82, 2.24) is 0 Å². The van der Waals surface area contributed by atoms with Gasteiger partial charge in [0.2, 0.25) is 0 Å². The van der Waals surface area contributed by atoms with Crippen molar-refractivity contribution in [1.29, 1.82) is 0 Å². The molecule has 0 amide bonds. The van der Waals surface area contributed by atoms with Crippen molar-refractivity contribution >= 4 is 0 Å². The van der Waals surface area contributed by atoms with E-state index in [-0.39, 0.29) is 17.7 Å². The van der Waals surface area contributed by atoms with Crippen LogP contribution in [0.1, 0.15) is 24.5 Å². The molecular weight excluding hydrogens is 212 g/mol. The number of benzene rings is 1. The highest BCUT2D eigenvalue weighted by atomic mass is 19.2. The molecule has 2 nitrogen and oxygen atoms in total. The number of ether oxygens (including phenoxy) is 1. The van der Waals surface area contributed by atoms with Crippen LogP contribution >= 0.6 is 0 Å². The lowest BCUT2D eigenvalue weighted by Gasteiger charge is -2.28. The molecule has 0 saturated carbocycles. The van der Waals surface area contributed by atoms with Gasteiger partial charge in [0.05, 0.1) is 12.1 Å². The number of nitrogens with two attached hydrogens (primary N) is 1. The first kappa shape index (κ1) is 13.1. The molecule has 1 rings (SSSR count). The zero-order valence-electron chi connectivity index (χ0n) is 9.81. The van der Waals surface area contributed by atoms with Crippen LogP contribution in [0, 0.1) is 18.6 Å². The van der Waals surface area contributed by atoms with Crippen molar-refractivity contribution in [2.75, 3.05) is 13.7 Å². The predicted octanol–water partition coefficient (Wildman–Crippen LogP) is 2.48. The van der Waals surface area contributed by atoms with Crippen LogP contribution in [0.2, 0.25) is 0 Å². The van der Waals surface area contributed by atoms with Gasteiger partial charge < -0.3 is 10.5 Å². The lowest BCUT2D eigenvalue weighted by atomic mass is 9.88. The monoisotopic (exact) mass is 229 g/mol. The fraction of sp³-hybridized carbons (Fsp3) is 0.500. The molecule has 2 N–H and O–H groups in total. The first-order valence-electron chi connectivity index (χ1n) is 5.19. The Morgan fingerprint density at radius 1 is 1.31 bits per heavy atom. The Balaban J connectivity index is 3.26. The Bertz CT molecular complexity index is 382. The normalized spacial score (nSPS) is 14.9. The summed E-state index contributed by atoms with van der Waals surface area (Å²) in [5.41, 5.74) is 5.48. The smallest absolute Gasteiger partial charge is 0.164 e. The van der Waals surface area contributed by atoms with Gasteiger partial charge in [-0.2, -0.15) is 0 Å². The van der Waals surface area contributed by atoms with Crippen LogP contribution in [0.25, 0.3) is 0 Å². The number of rotatable bonds is 4. The standard InChI is InChI=1S/C12H17F2NO/c1-4-12(15,7-16-3)9-6-5-8(2)10(13)11(9)14/h5-6H,4,7,15H2,1-3H3. The lowest BCUT2D eigenvalue weighted by molar-refractivity contribution is 0.126. The van der Waals surface area contributed by atoms with E-state index in [1.54, 1.807) is 0 Å². The Morgan fingerprint density at radius 3 is 2.44 bits per heavy atom. The van der Waals surface area contributed by atoms with E-state index >= 15 is 0 Å². The second-order valence-electron chi connectivity index (χ2n) is 4.00. The lowest BCUT2D eigenvalue weighted by Crippen LogP contribution is -2.41. The Kier molecular flexibility index (Phi) is 3.99. The summed E-state index contributed by atoms with van der Waals surface area (Å²) in [6.45, 7) is 3.49. The second-order valence-corrected chi connectivity index (χ2v) is 4.00. The molecule has 1 aromatic rings. The van der Waals surface area contributed by atoms with Crippen LogP contribution in [-0.2, 0) is 10.3 Å². The van der Waals surface area contributed by atoms with Gasteiger partial charge in [0.15, 0.2) is 11.6 Å². The second kappa shape index (κ2) is 4.89. The summed E-state index contributed by atoms with van der Waals surface area (Å²) >= 11 is 0. The van der Waals surface area contributed by atoms with Crippen molar-refractivity contribution in [3.8, 4) is 0 Å². The van der Waals surface area contributed by atoms with Crippen molar-refractivity contribution in [3.05, 3.63) is 34.9 Å². The van der Waals surface area contributed by atoms with Crippen molar-refractivity contribution < 1.29 is 13.5 Å². The van der Waals surface area contributed by atoms with Crippen LogP contribution in [0.4, 0.5) is 8.78 Å². The van der Waals surface area contributed by atoms with Gasteiger partial charge in [-0.05, 0) is 18.9 Å². The Labute approximate surface area is 94.4 Å². The summed E-state index contributed by atoms with van der Waals surface area (Å²) in [6.07, 6.45) is 0.472. The molecule has 0 aliphatic carbocycles. The third-order valence-corrected chi connectivity index (χ3v) is 2.84. The van der Waals surface area contributed by atoms with Gasteiger partial charge in [0.25, 0.3) is 0 Å². The maximum atomic E-state index is 13.8. The van der Waals surface area contributed by atoms with E-state index in [0.717, 1.165) is 0 Å². The Morgan fingerprint density at radius 2 is 1.94 bits per heavy atom. The average Bonchev–Trinajstić information content (AvgIpc) is 2.26. The highest BCUT2D eigenvalue weighted by Gasteiger charge is 2.30. The van der Waals surface area contributed by atoms with Crippen LogP contribution in [0.5, 0.6) is 0 Å². The molecule has 0 aliphatic rings. The number of hydrogen-bond acceptors (Lipinski definition) is 2. The van der Waals surface area contributed by atoms with Crippen molar-refractivity contribution in [3.63, 3.8) is 0 Å². The fourth-order valence-electron chi connectivity index (χ4n) is 1.66. The van der Waals surface area contributed by atoms with Crippen LogP contribution < -0.4 is 5.73 Å². The van der Waals surface area contributed by atoms with E-state index in [1.807, 2.05) is 6.92 Å². The number of hydrogen-bond donors (Lipinski definition) is 1. The molecule has 0 saturated heterocycles. The molecule has 90 valence electrons. The van der Waals surface area contributed by atoms with Gasteiger partial charge in [-0.3, -0.25) is 0 Å². The molecule has 0 aliphatic heterocycles. The molecule has 16 heavy (non-hydrogen) atoms.